The van der Waals surface area contributed by atoms with Crippen molar-refractivity contribution in [1.82, 2.24) is 0 Å². The van der Waals surface area contributed by atoms with Gasteiger partial charge in [0.2, 0.25) is 0 Å². The molecule has 2 aliphatic rings. The second kappa shape index (κ2) is 8.15. The third-order valence-electron chi connectivity index (χ3n) is 4.29. The summed E-state index contributed by atoms with van der Waals surface area (Å²) in [4.78, 5) is 0. The van der Waals surface area contributed by atoms with Gasteiger partial charge in [0.25, 0.3) is 0 Å². The predicted molar refractivity (Wildman–Crippen MR) is 75.6 cm³/mol. The van der Waals surface area contributed by atoms with Crippen LogP contribution in [-0.4, -0.2) is 98.6 Å². The van der Waals surface area contributed by atoms with Crippen LogP contribution in [0, 0.1) is 0 Å². The summed E-state index contributed by atoms with van der Waals surface area (Å²) in [6.07, 6.45) is -7.72. The fraction of sp³-hybridized carbons (Fsp3) is 1.00. The Hall–Kier alpha value is -0.360. The fourth-order valence-corrected chi connectivity index (χ4v) is 2.96. The first-order chi connectivity index (χ1) is 10.9. The van der Waals surface area contributed by atoms with E-state index in [1.54, 1.807) is 6.92 Å². The number of methoxy groups -OCH3 is 3. The van der Waals surface area contributed by atoms with E-state index in [9.17, 15) is 15.3 Å². The van der Waals surface area contributed by atoms with Crippen molar-refractivity contribution in [3.8, 4) is 0 Å². The first-order valence-corrected chi connectivity index (χ1v) is 7.49. The highest BCUT2D eigenvalue weighted by Crippen LogP contribution is 2.29. The number of aliphatic hydroxyl groups excluding tert-OH is 3. The average Bonchev–Trinajstić information content (AvgIpc) is 2.54. The molecule has 2 rings (SSSR count). The topological polar surface area (TPSA) is 116 Å². The van der Waals surface area contributed by atoms with Crippen LogP contribution in [0.15, 0.2) is 0 Å². The number of hydrogen-bond donors (Lipinski definition) is 3. The van der Waals surface area contributed by atoms with Gasteiger partial charge in [-0.25, -0.2) is 0 Å². The standard InChI is InChI=1S/C14H26O9/c1-6-8(16)10(18-2)12(20-4)14(22-6)23-9-7(15)5-21-13(17)11(9)19-3/h6-17H,5H2,1-4H3/t6-,7-,8+,9+,10+,11-,12-,13-,14-/m1/s1. The second-order valence-electron chi connectivity index (χ2n) is 5.69. The Balaban J connectivity index is 2.15. The fourth-order valence-electron chi connectivity index (χ4n) is 2.96. The highest BCUT2D eigenvalue weighted by Gasteiger charge is 2.49. The van der Waals surface area contributed by atoms with Crippen molar-refractivity contribution in [2.75, 3.05) is 27.9 Å². The predicted octanol–water partition coefficient (Wildman–Crippen LogP) is -1.77. The number of rotatable bonds is 5. The smallest absolute Gasteiger partial charge is 0.187 e. The molecule has 23 heavy (non-hydrogen) atoms. The van der Waals surface area contributed by atoms with Gasteiger partial charge in [0.1, 0.15) is 36.6 Å². The van der Waals surface area contributed by atoms with Crippen LogP contribution >= 0.6 is 0 Å². The molecule has 2 fully saturated rings. The Morgan fingerprint density at radius 3 is 2.04 bits per heavy atom. The summed E-state index contributed by atoms with van der Waals surface area (Å²) in [5, 5.41) is 30.1. The van der Waals surface area contributed by atoms with Crippen LogP contribution in [0.4, 0.5) is 0 Å². The largest absolute Gasteiger partial charge is 0.388 e. The molecule has 0 saturated carbocycles. The molecule has 0 bridgehead atoms. The molecular formula is C14H26O9. The van der Waals surface area contributed by atoms with Gasteiger partial charge in [-0.3, -0.25) is 0 Å². The van der Waals surface area contributed by atoms with E-state index >= 15 is 0 Å². The lowest BCUT2D eigenvalue weighted by atomic mass is 9.98. The summed E-state index contributed by atoms with van der Waals surface area (Å²) in [6.45, 7) is 1.59. The van der Waals surface area contributed by atoms with Gasteiger partial charge in [0, 0.05) is 21.3 Å². The maximum atomic E-state index is 10.1. The molecule has 3 N–H and O–H groups in total. The minimum absolute atomic E-state index is 0.0953. The van der Waals surface area contributed by atoms with Crippen LogP contribution < -0.4 is 0 Å². The number of ether oxygens (including phenoxy) is 6. The summed E-state index contributed by atoms with van der Waals surface area (Å²) in [7, 11) is 4.29. The molecule has 0 spiro atoms. The molecule has 136 valence electrons. The molecule has 0 aliphatic carbocycles. The van der Waals surface area contributed by atoms with Gasteiger partial charge in [0.05, 0.1) is 12.7 Å². The Morgan fingerprint density at radius 1 is 0.870 bits per heavy atom. The van der Waals surface area contributed by atoms with Crippen molar-refractivity contribution in [2.24, 2.45) is 0 Å². The Morgan fingerprint density at radius 2 is 1.48 bits per heavy atom. The molecule has 9 atom stereocenters. The minimum atomic E-state index is -1.22. The highest BCUT2D eigenvalue weighted by molar-refractivity contribution is 4.92. The SMILES string of the molecule is CO[C@@H]1[C@@H](O[C@H]2O[C@H](C)[C@H](O)[C@H](OC)[C@H]2OC)[C@H](O)CO[C@H]1O. The summed E-state index contributed by atoms with van der Waals surface area (Å²) in [5.41, 5.74) is 0. The van der Waals surface area contributed by atoms with Gasteiger partial charge in [-0.05, 0) is 6.92 Å². The highest BCUT2D eigenvalue weighted by atomic mass is 16.7. The minimum Gasteiger partial charge on any atom is -0.388 e. The van der Waals surface area contributed by atoms with Crippen LogP contribution in [0.2, 0.25) is 0 Å². The van der Waals surface area contributed by atoms with Gasteiger partial charge in [-0.1, -0.05) is 0 Å². The molecular weight excluding hydrogens is 312 g/mol. The van der Waals surface area contributed by atoms with E-state index in [1.165, 1.54) is 21.3 Å². The zero-order chi connectivity index (χ0) is 17.1. The zero-order valence-corrected chi connectivity index (χ0v) is 13.7. The summed E-state index contributed by atoms with van der Waals surface area (Å²) < 4.78 is 32.3. The maximum absolute atomic E-state index is 10.1. The van der Waals surface area contributed by atoms with Crippen LogP contribution in [0.5, 0.6) is 0 Å². The maximum Gasteiger partial charge on any atom is 0.187 e. The van der Waals surface area contributed by atoms with Crippen molar-refractivity contribution in [2.45, 2.75) is 62.2 Å². The zero-order valence-electron chi connectivity index (χ0n) is 13.7. The lowest BCUT2D eigenvalue weighted by molar-refractivity contribution is -0.347. The van der Waals surface area contributed by atoms with Crippen LogP contribution in [0.3, 0.4) is 0 Å². The molecule has 0 aromatic heterocycles. The molecule has 0 radical (unpaired) electrons. The van der Waals surface area contributed by atoms with Crippen molar-refractivity contribution >= 4 is 0 Å². The molecule has 9 heteroatoms. The lowest BCUT2D eigenvalue weighted by Gasteiger charge is -2.45. The summed E-state index contributed by atoms with van der Waals surface area (Å²) in [6, 6.07) is 0. The van der Waals surface area contributed by atoms with Crippen LogP contribution in [-0.2, 0) is 28.4 Å². The third-order valence-corrected chi connectivity index (χ3v) is 4.29. The number of aliphatic hydroxyl groups is 3. The van der Waals surface area contributed by atoms with E-state index < -0.39 is 55.3 Å². The molecule has 0 aromatic rings. The molecule has 2 aliphatic heterocycles. The lowest BCUT2D eigenvalue weighted by Crippen LogP contribution is -2.62. The third kappa shape index (κ3) is 3.84. The van der Waals surface area contributed by atoms with Crippen LogP contribution in [0.1, 0.15) is 6.92 Å². The second-order valence-corrected chi connectivity index (χ2v) is 5.69. The first kappa shape index (κ1) is 19.0. The molecule has 2 heterocycles. The van der Waals surface area contributed by atoms with Gasteiger partial charge >= 0.3 is 0 Å². The van der Waals surface area contributed by atoms with Crippen LogP contribution in [0.25, 0.3) is 0 Å². The Labute approximate surface area is 135 Å². The van der Waals surface area contributed by atoms with Crippen molar-refractivity contribution in [3.63, 3.8) is 0 Å². The molecule has 0 unspecified atom stereocenters. The molecule has 9 nitrogen and oxygen atoms in total. The first-order valence-electron chi connectivity index (χ1n) is 7.49. The van der Waals surface area contributed by atoms with E-state index in [4.69, 9.17) is 28.4 Å². The van der Waals surface area contributed by atoms with E-state index in [1.807, 2.05) is 0 Å². The van der Waals surface area contributed by atoms with Gasteiger partial charge in [-0.2, -0.15) is 0 Å². The van der Waals surface area contributed by atoms with Crippen molar-refractivity contribution in [1.29, 1.82) is 0 Å². The monoisotopic (exact) mass is 338 g/mol. The Kier molecular flexibility index (Phi) is 6.72. The van der Waals surface area contributed by atoms with Crippen molar-refractivity contribution in [3.05, 3.63) is 0 Å². The average molecular weight is 338 g/mol. The van der Waals surface area contributed by atoms with Gasteiger partial charge in [0.15, 0.2) is 12.6 Å². The van der Waals surface area contributed by atoms with Gasteiger partial charge < -0.3 is 43.7 Å². The normalized spacial score (nSPS) is 48.4. The van der Waals surface area contributed by atoms with E-state index in [2.05, 4.69) is 0 Å². The quantitative estimate of drug-likeness (QED) is 0.535. The molecule has 2 saturated heterocycles. The Bertz CT molecular complexity index is 368. The molecule has 0 aromatic carbocycles. The number of hydrogen-bond acceptors (Lipinski definition) is 9. The molecule has 0 amide bonds. The van der Waals surface area contributed by atoms with Crippen molar-refractivity contribution < 1.29 is 43.7 Å². The van der Waals surface area contributed by atoms with E-state index in [-0.39, 0.29) is 6.61 Å². The van der Waals surface area contributed by atoms with E-state index in [0.717, 1.165) is 0 Å². The summed E-state index contributed by atoms with van der Waals surface area (Å²) >= 11 is 0. The van der Waals surface area contributed by atoms with Gasteiger partial charge in [-0.15, -0.1) is 0 Å². The van der Waals surface area contributed by atoms with E-state index in [0.29, 0.717) is 0 Å². The summed E-state index contributed by atoms with van der Waals surface area (Å²) in [5.74, 6) is 0.